The zero-order chi connectivity index (χ0) is 13.8. The Morgan fingerprint density at radius 3 is 2.67 bits per heavy atom. The number of hydrogen-bond donors (Lipinski definition) is 2. The van der Waals surface area contributed by atoms with Crippen molar-refractivity contribution in [3.63, 3.8) is 0 Å². The van der Waals surface area contributed by atoms with E-state index in [4.69, 9.17) is 10.5 Å². The SMILES string of the molecule is CCOC(C)CNS(=O)(=O)c1c(C)cccc1N. The number of anilines is 1. The van der Waals surface area contributed by atoms with Crippen LogP contribution in [0.4, 0.5) is 5.69 Å². The Bertz CT molecular complexity index is 480. The van der Waals surface area contributed by atoms with E-state index < -0.39 is 10.0 Å². The van der Waals surface area contributed by atoms with Crippen LogP contribution in [0.15, 0.2) is 23.1 Å². The first-order chi connectivity index (χ1) is 8.38. The molecule has 0 aromatic heterocycles. The summed E-state index contributed by atoms with van der Waals surface area (Å²) in [7, 11) is -3.59. The topological polar surface area (TPSA) is 81.4 Å². The van der Waals surface area contributed by atoms with Crippen LogP contribution in [0, 0.1) is 6.92 Å². The van der Waals surface area contributed by atoms with Crippen LogP contribution >= 0.6 is 0 Å². The Kier molecular flexibility index (Phi) is 5.13. The van der Waals surface area contributed by atoms with Gasteiger partial charge in [0.1, 0.15) is 4.90 Å². The van der Waals surface area contributed by atoms with Gasteiger partial charge in [-0.05, 0) is 32.4 Å². The average Bonchev–Trinajstić information content (AvgIpc) is 2.26. The molecule has 6 heteroatoms. The molecule has 3 N–H and O–H groups in total. The lowest BCUT2D eigenvalue weighted by Gasteiger charge is -2.15. The van der Waals surface area contributed by atoms with Crippen molar-refractivity contribution in [2.24, 2.45) is 0 Å². The third-order valence-corrected chi connectivity index (χ3v) is 4.16. The third-order valence-electron chi connectivity index (χ3n) is 2.52. The fourth-order valence-electron chi connectivity index (χ4n) is 1.68. The van der Waals surface area contributed by atoms with Gasteiger partial charge in [-0.15, -0.1) is 0 Å². The first-order valence-electron chi connectivity index (χ1n) is 5.84. The highest BCUT2D eigenvalue weighted by molar-refractivity contribution is 7.89. The number of nitrogens with one attached hydrogen (secondary N) is 1. The van der Waals surface area contributed by atoms with E-state index in [-0.39, 0.29) is 23.2 Å². The molecule has 0 aliphatic rings. The van der Waals surface area contributed by atoms with Gasteiger partial charge in [-0.25, -0.2) is 13.1 Å². The lowest BCUT2D eigenvalue weighted by Crippen LogP contribution is -2.33. The normalized spacial score (nSPS) is 13.5. The number of benzene rings is 1. The van der Waals surface area contributed by atoms with Crippen molar-refractivity contribution < 1.29 is 13.2 Å². The Morgan fingerprint density at radius 2 is 2.11 bits per heavy atom. The zero-order valence-electron chi connectivity index (χ0n) is 10.9. The largest absolute Gasteiger partial charge is 0.398 e. The molecule has 0 aliphatic carbocycles. The predicted octanol–water partition coefficient (Wildman–Crippen LogP) is 1.28. The monoisotopic (exact) mass is 272 g/mol. The van der Waals surface area contributed by atoms with E-state index in [1.165, 1.54) is 0 Å². The summed E-state index contributed by atoms with van der Waals surface area (Å²) in [6, 6.07) is 5.02. The van der Waals surface area contributed by atoms with Crippen LogP contribution in [0.25, 0.3) is 0 Å². The van der Waals surface area contributed by atoms with Gasteiger partial charge in [0.15, 0.2) is 0 Å². The number of nitrogens with two attached hydrogens (primary N) is 1. The predicted molar refractivity (Wildman–Crippen MR) is 71.9 cm³/mol. The molecule has 1 aromatic carbocycles. The Balaban J connectivity index is 2.87. The van der Waals surface area contributed by atoms with Gasteiger partial charge in [0.2, 0.25) is 10.0 Å². The summed E-state index contributed by atoms with van der Waals surface area (Å²) < 4.78 is 32.1. The molecule has 102 valence electrons. The van der Waals surface area contributed by atoms with E-state index >= 15 is 0 Å². The van der Waals surface area contributed by atoms with E-state index in [1.54, 1.807) is 25.1 Å². The van der Waals surface area contributed by atoms with Crippen LogP contribution in [0.2, 0.25) is 0 Å². The second-order valence-corrected chi connectivity index (χ2v) is 5.81. The summed E-state index contributed by atoms with van der Waals surface area (Å²) in [5.74, 6) is 0. The number of hydrogen-bond acceptors (Lipinski definition) is 4. The van der Waals surface area contributed by atoms with E-state index in [2.05, 4.69) is 4.72 Å². The van der Waals surface area contributed by atoms with Crippen LogP contribution in [0.5, 0.6) is 0 Å². The quantitative estimate of drug-likeness (QED) is 0.764. The van der Waals surface area contributed by atoms with Crippen molar-refractivity contribution in [1.82, 2.24) is 4.72 Å². The number of rotatable bonds is 6. The highest BCUT2D eigenvalue weighted by atomic mass is 32.2. The van der Waals surface area contributed by atoms with Crippen LogP contribution in [0.3, 0.4) is 0 Å². The van der Waals surface area contributed by atoms with Crippen molar-refractivity contribution in [2.75, 3.05) is 18.9 Å². The van der Waals surface area contributed by atoms with Gasteiger partial charge in [-0.2, -0.15) is 0 Å². The van der Waals surface area contributed by atoms with Gasteiger partial charge >= 0.3 is 0 Å². The Labute approximate surface area is 108 Å². The molecule has 0 amide bonds. The van der Waals surface area contributed by atoms with Gasteiger partial charge in [-0.1, -0.05) is 12.1 Å². The lowest BCUT2D eigenvalue weighted by molar-refractivity contribution is 0.0799. The summed E-state index contributed by atoms with van der Waals surface area (Å²) in [5, 5.41) is 0. The van der Waals surface area contributed by atoms with E-state index in [1.807, 2.05) is 13.8 Å². The fraction of sp³-hybridized carbons (Fsp3) is 0.500. The standard InChI is InChI=1S/C12H20N2O3S/c1-4-17-10(3)8-14-18(15,16)12-9(2)6-5-7-11(12)13/h5-7,10,14H,4,8,13H2,1-3H3. The molecule has 1 unspecified atom stereocenters. The van der Waals surface area contributed by atoms with Gasteiger partial charge in [-0.3, -0.25) is 0 Å². The minimum atomic E-state index is -3.59. The summed E-state index contributed by atoms with van der Waals surface area (Å²) in [6.45, 7) is 6.17. The van der Waals surface area contributed by atoms with Crippen LogP contribution in [-0.4, -0.2) is 27.7 Å². The molecule has 18 heavy (non-hydrogen) atoms. The molecule has 0 saturated carbocycles. The van der Waals surface area contributed by atoms with Crippen molar-refractivity contribution in [3.05, 3.63) is 23.8 Å². The van der Waals surface area contributed by atoms with E-state index in [0.717, 1.165) is 0 Å². The molecule has 1 atom stereocenters. The lowest BCUT2D eigenvalue weighted by atomic mass is 10.2. The summed E-state index contributed by atoms with van der Waals surface area (Å²) in [4.78, 5) is 0.147. The second-order valence-electron chi connectivity index (χ2n) is 4.11. The molecule has 1 aromatic rings. The summed E-state index contributed by atoms with van der Waals surface area (Å²) in [5.41, 5.74) is 6.61. The van der Waals surface area contributed by atoms with E-state index in [0.29, 0.717) is 12.2 Å². The van der Waals surface area contributed by atoms with Crippen molar-refractivity contribution >= 4 is 15.7 Å². The number of ether oxygens (including phenoxy) is 1. The Morgan fingerprint density at radius 1 is 1.44 bits per heavy atom. The molecule has 0 saturated heterocycles. The maximum absolute atomic E-state index is 12.1. The van der Waals surface area contributed by atoms with Crippen LogP contribution in [-0.2, 0) is 14.8 Å². The van der Waals surface area contributed by atoms with Crippen molar-refractivity contribution in [1.29, 1.82) is 0 Å². The number of aryl methyl sites for hydroxylation is 1. The second kappa shape index (κ2) is 6.17. The minimum absolute atomic E-state index is 0.147. The molecule has 0 heterocycles. The maximum atomic E-state index is 12.1. The maximum Gasteiger partial charge on any atom is 0.242 e. The van der Waals surface area contributed by atoms with Gasteiger partial charge in [0.05, 0.1) is 11.8 Å². The molecule has 0 radical (unpaired) electrons. The van der Waals surface area contributed by atoms with Crippen molar-refractivity contribution in [2.45, 2.75) is 31.8 Å². The number of nitrogen functional groups attached to an aromatic ring is 1. The summed E-state index contributed by atoms with van der Waals surface area (Å²) in [6.07, 6.45) is -0.171. The van der Waals surface area contributed by atoms with Crippen LogP contribution in [0.1, 0.15) is 19.4 Å². The minimum Gasteiger partial charge on any atom is -0.398 e. The molecule has 5 nitrogen and oxygen atoms in total. The molecule has 0 aliphatic heterocycles. The molecule has 0 fully saturated rings. The van der Waals surface area contributed by atoms with Gasteiger partial charge in [0.25, 0.3) is 0 Å². The fourth-order valence-corrected chi connectivity index (χ4v) is 3.15. The molecular weight excluding hydrogens is 252 g/mol. The highest BCUT2D eigenvalue weighted by Gasteiger charge is 2.20. The van der Waals surface area contributed by atoms with Crippen LogP contribution < -0.4 is 10.5 Å². The molecule has 0 bridgehead atoms. The molecular formula is C12H20N2O3S. The average molecular weight is 272 g/mol. The first-order valence-corrected chi connectivity index (χ1v) is 7.33. The summed E-state index contributed by atoms with van der Waals surface area (Å²) >= 11 is 0. The van der Waals surface area contributed by atoms with Crippen molar-refractivity contribution in [3.8, 4) is 0 Å². The number of sulfonamides is 1. The molecule has 0 spiro atoms. The van der Waals surface area contributed by atoms with E-state index in [9.17, 15) is 8.42 Å². The smallest absolute Gasteiger partial charge is 0.242 e. The third kappa shape index (κ3) is 3.69. The Hall–Kier alpha value is -1.11. The molecule has 1 rings (SSSR count). The zero-order valence-corrected chi connectivity index (χ0v) is 11.8. The van der Waals surface area contributed by atoms with Gasteiger partial charge < -0.3 is 10.5 Å². The van der Waals surface area contributed by atoms with Gasteiger partial charge in [0, 0.05) is 13.2 Å². The highest BCUT2D eigenvalue weighted by Crippen LogP contribution is 2.21. The first kappa shape index (κ1) is 14.9.